The third kappa shape index (κ3) is 3.10. The standard InChI is InChI=1S/C21H14F2N2O2S/c1-12-4-2-5-14(10-12)24-19-18(17-6-3-9-28-17)20(26)25(21(19)27)16-8-7-13(22)11-15(16)23/h2-11,24H,1H3. The highest BCUT2D eigenvalue weighted by Gasteiger charge is 2.41. The molecule has 0 bridgehead atoms. The third-order valence-corrected chi connectivity index (χ3v) is 5.18. The summed E-state index contributed by atoms with van der Waals surface area (Å²) in [6, 6.07) is 13.5. The fourth-order valence-corrected chi connectivity index (χ4v) is 3.81. The molecule has 0 spiro atoms. The molecule has 0 saturated carbocycles. The van der Waals surface area contributed by atoms with Crippen molar-refractivity contribution in [2.24, 2.45) is 0 Å². The zero-order valence-corrected chi connectivity index (χ0v) is 15.5. The number of halogens is 2. The SMILES string of the molecule is Cc1cccc(NC2=C(c3cccs3)C(=O)N(c3ccc(F)cc3F)C2=O)c1. The van der Waals surface area contributed by atoms with Crippen molar-refractivity contribution in [3.63, 3.8) is 0 Å². The topological polar surface area (TPSA) is 49.4 Å². The summed E-state index contributed by atoms with van der Waals surface area (Å²) < 4.78 is 27.6. The van der Waals surface area contributed by atoms with E-state index in [1.54, 1.807) is 23.6 Å². The summed E-state index contributed by atoms with van der Waals surface area (Å²) >= 11 is 1.30. The van der Waals surface area contributed by atoms with Crippen LogP contribution < -0.4 is 10.2 Å². The lowest BCUT2D eigenvalue weighted by Gasteiger charge is -2.16. The van der Waals surface area contributed by atoms with E-state index < -0.39 is 23.4 Å². The summed E-state index contributed by atoms with van der Waals surface area (Å²) in [4.78, 5) is 27.5. The largest absolute Gasteiger partial charge is 0.350 e. The first-order valence-corrected chi connectivity index (χ1v) is 9.29. The molecule has 2 heterocycles. The van der Waals surface area contributed by atoms with Gasteiger partial charge in [-0.2, -0.15) is 0 Å². The average Bonchev–Trinajstić information content (AvgIpc) is 3.24. The van der Waals surface area contributed by atoms with E-state index in [2.05, 4.69) is 5.32 Å². The van der Waals surface area contributed by atoms with Crippen molar-refractivity contribution in [1.82, 2.24) is 0 Å². The molecule has 1 N–H and O–H groups in total. The monoisotopic (exact) mass is 396 g/mol. The second-order valence-electron chi connectivity index (χ2n) is 6.26. The van der Waals surface area contributed by atoms with Crippen LogP contribution in [0.1, 0.15) is 10.4 Å². The molecular weight excluding hydrogens is 382 g/mol. The van der Waals surface area contributed by atoms with E-state index in [0.717, 1.165) is 22.6 Å². The summed E-state index contributed by atoms with van der Waals surface area (Å²) in [5.41, 5.74) is 1.53. The minimum Gasteiger partial charge on any atom is -0.350 e. The summed E-state index contributed by atoms with van der Waals surface area (Å²) in [5, 5.41) is 4.79. The molecule has 1 aliphatic heterocycles. The van der Waals surface area contributed by atoms with Crippen LogP contribution in [0.25, 0.3) is 5.57 Å². The van der Waals surface area contributed by atoms with Crippen LogP contribution in [-0.2, 0) is 9.59 Å². The summed E-state index contributed by atoms with van der Waals surface area (Å²) in [7, 11) is 0. The molecule has 4 nitrogen and oxygen atoms in total. The van der Waals surface area contributed by atoms with Gasteiger partial charge >= 0.3 is 0 Å². The smallest absolute Gasteiger partial charge is 0.282 e. The van der Waals surface area contributed by atoms with Crippen molar-refractivity contribution in [2.75, 3.05) is 10.2 Å². The molecule has 0 fully saturated rings. The predicted molar refractivity (Wildman–Crippen MR) is 105 cm³/mol. The van der Waals surface area contributed by atoms with Crippen molar-refractivity contribution in [3.8, 4) is 0 Å². The van der Waals surface area contributed by atoms with Crippen LogP contribution in [0.15, 0.2) is 65.7 Å². The van der Waals surface area contributed by atoms with Gasteiger partial charge in [0.1, 0.15) is 17.3 Å². The van der Waals surface area contributed by atoms with Crippen molar-refractivity contribution >= 4 is 40.1 Å². The second-order valence-corrected chi connectivity index (χ2v) is 7.21. The van der Waals surface area contributed by atoms with E-state index in [0.29, 0.717) is 16.6 Å². The van der Waals surface area contributed by atoms with Gasteiger partial charge in [-0.05, 0) is 48.2 Å². The van der Waals surface area contributed by atoms with Gasteiger partial charge in [0, 0.05) is 16.6 Å². The number of nitrogens with zero attached hydrogens (tertiary/aromatic N) is 1. The molecule has 7 heteroatoms. The van der Waals surface area contributed by atoms with E-state index in [-0.39, 0.29) is 17.0 Å². The maximum absolute atomic E-state index is 14.3. The number of benzene rings is 2. The van der Waals surface area contributed by atoms with Crippen LogP contribution in [0.5, 0.6) is 0 Å². The Kier molecular flexibility index (Phi) is 4.52. The van der Waals surface area contributed by atoms with E-state index in [1.165, 1.54) is 11.3 Å². The average molecular weight is 396 g/mol. The number of carbonyl (C=O) groups excluding carboxylic acids is 2. The first kappa shape index (κ1) is 18.1. The number of anilines is 2. The molecule has 0 unspecified atom stereocenters. The zero-order valence-electron chi connectivity index (χ0n) is 14.7. The summed E-state index contributed by atoms with van der Waals surface area (Å²) in [5.74, 6) is -3.12. The number of amides is 2. The molecule has 0 aliphatic carbocycles. The number of aryl methyl sites for hydroxylation is 1. The van der Waals surface area contributed by atoms with E-state index in [9.17, 15) is 18.4 Å². The van der Waals surface area contributed by atoms with Crippen molar-refractivity contribution in [3.05, 3.63) is 87.7 Å². The summed E-state index contributed by atoms with van der Waals surface area (Å²) in [6.07, 6.45) is 0. The molecule has 0 radical (unpaired) electrons. The highest BCUT2D eigenvalue weighted by atomic mass is 32.1. The lowest BCUT2D eigenvalue weighted by molar-refractivity contribution is -0.120. The number of rotatable bonds is 4. The molecule has 28 heavy (non-hydrogen) atoms. The van der Waals surface area contributed by atoms with Gasteiger partial charge in [-0.3, -0.25) is 9.59 Å². The lowest BCUT2D eigenvalue weighted by atomic mass is 10.1. The van der Waals surface area contributed by atoms with Gasteiger partial charge < -0.3 is 5.32 Å². The van der Waals surface area contributed by atoms with Crippen molar-refractivity contribution in [1.29, 1.82) is 0 Å². The maximum Gasteiger partial charge on any atom is 0.282 e. The number of hydrogen-bond donors (Lipinski definition) is 1. The van der Waals surface area contributed by atoms with Gasteiger partial charge in [0.2, 0.25) is 0 Å². The zero-order chi connectivity index (χ0) is 19.8. The normalized spacial score (nSPS) is 14.2. The van der Waals surface area contributed by atoms with Gasteiger partial charge in [-0.1, -0.05) is 18.2 Å². The molecule has 2 aromatic carbocycles. The maximum atomic E-state index is 14.3. The predicted octanol–water partition coefficient (Wildman–Crippen LogP) is 4.73. The van der Waals surface area contributed by atoms with Crippen LogP contribution in [-0.4, -0.2) is 11.8 Å². The molecule has 3 aromatic rings. The van der Waals surface area contributed by atoms with E-state index in [1.807, 2.05) is 25.1 Å². The number of imide groups is 1. The first-order valence-electron chi connectivity index (χ1n) is 8.41. The molecule has 1 aromatic heterocycles. The second kappa shape index (κ2) is 7.01. The van der Waals surface area contributed by atoms with E-state index in [4.69, 9.17) is 0 Å². The Labute approximate surface area is 163 Å². The van der Waals surface area contributed by atoms with Gasteiger partial charge in [-0.15, -0.1) is 11.3 Å². The Hall–Kier alpha value is -3.32. The Bertz CT molecular complexity index is 1120. The third-order valence-electron chi connectivity index (χ3n) is 4.29. The molecular formula is C21H14F2N2O2S. The van der Waals surface area contributed by atoms with Crippen molar-refractivity contribution in [2.45, 2.75) is 6.92 Å². The highest BCUT2D eigenvalue weighted by Crippen LogP contribution is 2.36. The molecule has 0 saturated heterocycles. The van der Waals surface area contributed by atoms with Crippen LogP contribution in [0.3, 0.4) is 0 Å². The minimum atomic E-state index is -0.982. The Morgan fingerprint density at radius 2 is 1.79 bits per heavy atom. The van der Waals surface area contributed by atoms with E-state index >= 15 is 0 Å². The molecule has 4 rings (SSSR count). The minimum absolute atomic E-state index is 0.0572. The lowest BCUT2D eigenvalue weighted by Crippen LogP contribution is -2.33. The fourth-order valence-electron chi connectivity index (χ4n) is 3.04. The Morgan fingerprint density at radius 3 is 2.46 bits per heavy atom. The molecule has 140 valence electrons. The Morgan fingerprint density at radius 1 is 0.964 bits per heavy atom. The Balaban J connectivity index is 1.82. The van der Waals surface area contributed by atoms with Crippen molar-refractivity contribution < 1.29 is 18.4 Å². The molecule has 0 atom stereocenters. The van der Waals surface area contributed by atoms with Gasteiger partial charge in [0.25, 0.3) is 11.8 Å². The van der Waals surface area contributed by atoms with Crippen LogP contribution in [0.4, 0.5) is 20.2 Å². The quantitative estimate of drug-likeness (QED) is 0.649. The van der Waals surface area contributed by atoms with Crippen LogP contribution >= 0.6 is 11.3 Å². The first-order chi connectivity index (χ1) is 13.5. The number of hydrogen-bond acceptors (Lipinski definition) is 4. The molecule has 1 aliphatic rings. The molecule has 2 amide bonds. The van der Waals surface area contributed by atoms with Crippen LogP contribution in [0, 0.1) is 18.6 Å². The number of thiophene rings is 1. The van der Waals surface area contributed by atoms with Gasteiger partial charge in [0.15, 0.2) is 0 Å². The number of nitrogens with one attached hydrogen (secondary N) is 1. The van der Waals surface area contributed by atoms with Crippen LogP contribution in [0.2, 0.25) is 0 Å². The van der Waals surface area contributed by atoms with Gasteiger partial charge in [-0.25, -0.2) is 13.7 Å². The summed E-state index contributed by atoms with van der Waals surface area (Å²) in [6.45, 7) is 1.90. The number of carbonyl (C=O) groups is 2. The fraction of sp³-hybridized carbons (Fsp3) is 0.0476. The van der Waals surface area contributed by atoms with Gasteiger partial charge in [0.05, 0.1) is 11.3 Å². The highest BCUT2D eigenvalue weighted by molar-refractivity contribution is 7.11.